The fraction of sp³-hybridized carbons (Fsp3) is 0.538. The summed E-state index contributed by atoms with van der Waals surface area (Å²) in [6.07, 6.45) is 0. The fourth-order valence-corrected chi connectivity index (χ4v) is 2.46. The van der Waals surface area contributed by atoms with Gasteiger partial charge in [-0.2, -0.15) is 11.8 Å². The Morgan fingerprint density at radius 1 is 1.31 bits per heavy atom. The highest BCUT2D eigenvalue weighted by Crippen LogP contribution is 2.20. The molecule has 16 heavy (non-hydrogen) atoms. The van der Waals surface area contributed by atoms with Crippen molar-refractivity contribution in [2.75, 3.05) is 12.4 Å². The minimum absolute atomic E-state index is 0.700. The zero-order chi connectivity index (χ0) is 12.0. The van der Waals surface area contributed by atoms with E-state index in [1.807, 2.05) is 36.0 Å². The van der Waals surface area contributed by atoms with Crippen LogP contribution in [-0.2, 0) is 0 Å². The smallest absolute Gasteiger partial charge is 0.120 e. The third kappa shape index (κ3) is 5.26. The van der Waals surface area contributed by atoms with Gasteiger partial charge in [0.25, 0.3) is 0 Å². The van der Waals surface area contributed by atoms with Crippen molar-refractivity contribution in [2.24, 2.45) is 5.92 Å². The average molecular weight is 303 g/mol. The summed E-state index contributed by atoms with van der Waals surface area (Å²) in [6, 6.07) is 7.98. The molecule has 0 N–H and O–H groups in total. The molecule has 0 saturated carbocycles. The van der Waals surface area contributed by atoms with Crippen LogP contribution in [0.2, 0.25) is 0 Å². The van der Waals surface area contributed by atoms with Crippen LogP contribution >= 0.6 is 27.7 Å². The van der Waals surface area contributed by atoms with E-state index in [4.69, 9.17) is 4.74 Å². The van der Waals surface area contributed by atoms with Gasteiger partial charge in [-0.05, 0) is 24.1 Å². The lowest BCUT2D eigenvalue weighted by Crippen LogP contribution is -2.09. The molecule has 0 aliphatic carbocycles. The molecule has 1 nitrogen and oxygen atoms in total. The van der Waals surface area contributed by atoms with Gasteiger partial charge < -0.3 is 4.74 Å². The van der Waals surface area contributed by atoms with E-state index in [2.05, 4.69) is 36.7 Å². The highest BCUT2D eigenvalue weighted by atomic mass is 79.9. The van der Waals surface area contributed by atoms with E-state index in [9.17, 15) is 0 Å². The maximum atomic E-state index is 5.67. The van der Waals surface area contributed by atoms with Gasteiger partial charge in [-0.3, -0.25) is 0 Å². The summed E-state index contributed by atoms with van der Waals surface area (Å²) >= 11 is 5.40. The van der Waals surface area contributed by atoms with Gasteiger partial charge in [0, 0.05) is 15.5 Å². The molecule has 1 aromatic rings. The van der Waals surface area contributed by atoms with Crippen LogP contribution in [0.15, 0.2) is 28.7 Å². The van der Waals surface area contributed by atoms with Crippen LogP contribution in [0.5, 0.6) is 5.75 Å². The lowest BCUT2D eigenvalue weighted by atomic mass is 10.2. The van der Waals surface area contributed by atoms with E-state index in [1.54, 1.807) is 0 Å². The summed E-state index contributed by atoms with van der Waals surface area (Å²) in [7, 11) is 0. The zero-order valence-electron chi connectivity index (χ0n) is 10.1. The molecule has 0 amide bonds. The first-order chi connectivity index (χ1) is 7.59. The lowest BCUT2D eigenvalue weighted by molar-refractivity contribution is 0.343. The molecule has 1 aromatic carbocycles. The quantitative estimate of drug-likeness (QED) is 0.710. The predicted molar refractivity (Wildman–Crippen MR) is 76.4 cm³/mol. The molecule has 0 radical (unpaired) electrons. The van der Waals surface area contributed by atoms with Crippen LogP contribution in [0.4, 0.5) is 0 Å². The van der Waals surface area contributed by atoms with Crippen LogP contribution in [0, 0.1) is 5.92 Å². The zero-order valence-corrected chi connectivity index (χ0v) is 12.5. The van der Waals surface area contributed by atoms with E-state index in [1.165, 1.54) is 0 Å². The largest absolute Gasteiger partial charge is 0.493 e. The van der Waals surface area contributed by atoms with Gasteiger partial charge >= 0.3 is 0 Å². The van der Waals surface area contributed by atoms with Gasteiger partial charge in [0.1, 0.15) is 5.75 Å². The monoisotopic (exact) mass is 302 g/mol. The molecule has 0 aromatic heterocycles. The first kappa shape index (κ1) is 13.9. The van der Waals surface area contributed by atoms with E-state index in [-0.39, 0.29) is 0 Å². The normalized spacial score (nSPS) is 12.8. The molecule has 0 fully saturated rings. The molecule has 1 unspecified atom stereocenters. The van der Waals surface area contributed by atoms with Crippen molar-refractivity contribution in [3.63, 3.8) is 0 Å². The van der Waals surface area contributed by atoms with Crippen LogP contribution in [0.1, 0.15) is 20.8 Å². The molecule has 0 bridgehead atoms. The molecule has 0 heterocycles. The van der Waals surface area contributed by atoms with Gasteiger partial charge in [-0.15, -0.1) is 0 Å². The Balaban J connectivity index is 2.21. The maximum Gasteiger partial charge on any atom is 0.120 e. The van der Waals surface area contributed by atoms with E-state index < -0.39 is 0 Å². The van der Waals surface area contributed by atoms with Crippen molar-refractivity contribution < 1.29 is 4.74 Å². The molecule has 1 rings (SSSR count). The Bertz CT molecular complexity index is 315. The summed E-state index contributed by atoms with van der Waals surface area (Å²) in [4.78, 5) is 0. The van der Waals surface area contributed by atoms with Crippen molar-refractivity contribution in [3.8, 4) is 5.75 Å². The van der Waals surface area contributed by atoms with Crippen LogP contribution in [0.25, 0.3) is 0 Å². The van der Waals surface area contributed by atoms with Gasteiger partial charge in [-0.25, -0.2) is 0 Å². The van der Waals surface area contributed by atoms with Gasteiger partial charge in [-0.1, -0.05) is 42.8 Å². The summed E-state index contributed by atoms with van der Waals surface area (Å²) in [6.45, 7) is 7.56. The Labute approximate surface area is 111 Å². The Morgan fingerprint density at radius 2 is 2.06 bits per heavy atom. The fourth-order valence-electron chi connectivity index (χ4n) is 1.14. The molecular formula is C13H19BrOS. The molecule has 1 atom stereocenters. The van der Waals surface area contributed by atoms with E-state index >= 15 is 0 Å². The topological polar surface area (TPSA) is 9.23 Å². The first-order valence-electron chi connectivity index (χ1n) is 5.59. The maximum absolute atomic E-state index is 5.67. The van der Waals surface area contributed by atoms with Crippen LogP contribution in [0.3, 0.4) is 0 Å². The van der Waals surface area contributed by atoms with Gasteiger partial charge in [0.2, 0.25) is 0 Å². The van der Waals surface area contributed by atoms with Crippen LogP contribution < -0.4 is 4.74 Å². The molecule has 90 valence electrons. The molecular weight excluding hydrogens is 284 g/mol. The number of halogens is 1. The van der Waals surface area contributed by atoms with Crippen LogP contribution in [-0.4, -0.2) is 17.6 Å². The highest BCUT2D eigenvalue weighted by molar-refractivity contribution is 9.10. The standard InChI is InChI=1S/C13H19BrOS/c1-10(2)11(3)16-8-7-15-13-6-4-5-12(14)9-13/h4-6,9-11H,7-8H2,1-3H3. The van der Waals surface area contributed by atoms with E-state index in [0.717, 1.165) is 28.5 Å². The summed E-state index contributed by atoms with van der Waals surface area (Å²) in [5.41, 5.74) is 0. The second kappa shape index (κ2) is 7.23. The predicted octanol–water partition coefficient (Wildman–Crippen LogP) is 4.61. The minimum atomic E-state index is 0.700. The van der Waals surface area contributed by atoms with Crippen molar-refractivity contribution in [1.82, 2.24) is 0 Å². The number of hydrogen-bond donors (Lipinski definition) is 0. The Morgan fingerprint density at radius 3 is 2.69 bits per heavy atom. The lowest BCUT2D eigenvalue weighted by Gasteiger charge is -2.15. The SMILES string of the molecule is CC(C)C(C)SCCOc1cccc(Br)c1. The Hall–Kier alpha value is -0.150. The van der Waals surface area contributed by atoms with Crippen molar-refractivity contribution >= 4 is 27.7 Å². The number of hydrogen-bond acceptors (Lipinski definition) is 2. The molecule has 0 aliphatic rings. The average Bonchev–Trinajstić information content (AvgIpc) is 2.24. The van der Waals surface area contributed by atoms with Crippen molar-refractivity contribution in [3.05, 3.63) is 28.7 Å². The van der Waals surface area contributed by atoms with E-state index in [0.29, 0.717) is 5.25 Å². The second-order valence-corrected chi connectivity index (χ2v) is 6.53. The number of thioether (sulfide) groups is 1. The number of ether oxygens (including phenoxy) is 1. The Kier molecular flexibility index (Phi) is 6.29. The third-order valence-electron chi connectivity index (χ3n) is 2.47. The molecule has 0 saturated heterocycles. The first-order valence-corrected chi connectivity index (χ1v) is 7.43. The van der Waals surface area contributed by atoms with Gasteiger partial charge in [0.15, 0.2) is 0 Å². The number of rotatable bonds is 6. The molecule has 0 aliphatic heterocycles. The highest BCUT2D eigenvalue weighted by Gasteiger charge is 2.06. The summed E-state index contributed by atoms with van der Waals surface area (Å²) in [5.74, 6) is 2.72. The van der Waals surface area contributed by atoms with Crippen molar-refractivity contribution in [1.29, 1.82) is 0 Å². The molecule has 0 spiro atoms. The van der Waals surface area contributed by atoms with Gasteiger partial charge in [0.05, 0.1) is 6.61 Å². The minimum Gasteiger partial charge on any atom is -0.493 e. The summed E-state index contributed by atoms with van der Waals surface area (Å²) < 4.78 is 6.73. The third-order valence-corrected chi connectivity index (χ3v) is 4.43. The summed E-state index contributed by atoms with van der Waals surface area (Å²) in [5, 5.41) is 0.700. The molecule has 3 heteroatoms. The number of benzene rings is 1. The van der Waals surface area contributed by atoms with Crippen molar-refractivity contribution in [2.45, 2.75) is 26.0 Å². The second-order valence-electron chi connectivity index (χ2n) is 4.13.